The first-order valence-electron chi connectivity index (χ1n) is 7.16. The summed E-state index contributed by atoms with van der Waals surface area (Å²) in [5, 5.41) is 9.63. The van der Waals surface area contributed by atoms with Crippen molar-refractivity contribution in [1.82, 2.24) is 29.1 Å². The predicted molar refractivity (Wildman–Crippen MR) is 80.7 cm³/mol. The van der Waals surface area contributed by atoms with E-state index in [0.29, 0.717) is 16.9 Å². The zero-order valence-electron chi connectivity index (χ0n) is 12.6. The highest BCUT2D eigenvalue weighted by Gasteiger charge is 2.31. The van der Waals surface area contributed by atoms with Crippen LogP contribution in [0.25, 0.3) is 5.82 Å². The smallest absolute Gasteiger partial charge is 0.369 e. The van der Waals surface area contributed by atoms with Crippen molar-refractivity contribution in [2.45, 2.75) is 25.4 Å². The van der Waals surface area contributed by atoms with Crippen LogP contribution in [-0.4, -0.2) is 29.1 Å². The molecule has 0 amide bonds. The summed E-state index contributed by atoms with van der Waals surface area (Å²) in [7, 11) is 1.54. The van der Waals surface area contributed by atoms with Crippen LogP contribution >= 0.6 is 22.9 Å². The maximum absolute atomic E-state index is 12.1. The van der Waals surface area contributed by atoms with Gasteiger partial charge in [0.05, 0.1) is 6.93 Å². The van der Waals surface area contributed by atoms with Gasteiger partial charge in [0.1, 0.15) is 6.61 Å². The highest BCUT2D eigenvalue weighted by atomic mass is 32.1. The molecular weight excluding hydrogens is 324 g/mol. The molecule has 4 rings (SSSR count). The van der Waals surface area contributed by atoms with Crippen molar-refractivity contribution in [2.75, 3.05) is 0 Å². The van der Waals surface area contributed by atoms with E-state index in [1.165, 1.54) is 27.6 Å². The van der Waals surface area contributed by atoms with Crippen molar-refractivity contribution >= 4 is 22.9 Å². The number of aromatic nitrogens is 6. The fourth-order valence-corrected chi connectivity index (χ4v) is 3.57. The van der Waals surface area contributed by atoms with Crippen LogP contribution in [0.3, 0.4) is 0 Å². The third-order valence-electron chi connectivity index (χ3n) is 3.38. The molecule has 0 aromatic carbocycles. The van der Waals surface area contributed by atoms with Crippen molar-refractivity contribution in [3.05, 3.63) is 32.5 Å². The molecular formula is C12H12N6O2S2. The van der Waals surface area contributed by atoms with Gasteiger partial charge in [-0.15, -0.1) is 4.68 Å². The van der Waals surface area contributed by atoms with Crippen LogP contribution in [0.4, 0.5) is 0 Å². The zero-order valence-corrected chi connectivity index (χ0v) is 13.2. The van der Waals surface area contributed by atoms with Crippen molar-refractivity contribution < 1.29 is 6.11 Å². The topological polar surface area (TPSA) is 87.7 Å². The Bertz CT molecular complexity index is 909. The van der Waals surface area contributed by atoms with Gasteiger partial charge in [0.25, 0.3) is 5.19 Å². The standard InChI is InChI=1S/C12H12N6O2S2/c1-17-12(19)18(16-15-17)10-8(6-20-11-13-4-5-21-11)9(22-14-10)7-2-3-7/h4-5,7H,2-3,6H2,1H3/i4T. The summed E-state index contributed by atoms with van der Waals surface area (Å²) in [6.07, 6.45) is 2.43. The lowest BCUT2D eigenvalue weighted by atomic mass is 10.2. The molecule has 114 valence electrons. The molecule has 3 aromatic heterocycles. The molecule has 0 bridgehead atoms. The van der Waals surface area contributed by atoms with Crippen LogP contribution < -0.4 is 10.4 Å². The van der Waals surface area contributed by atoms with E-state index in [1.54, 1.807) is 12.4 Å². The highest BCUT2D eigenvalue weighted by Crippen LogP contribution is 2.45. The van der Waals surface area contributed by atoms with Gasteiger partial charge in [-0.25, -0.2) is 9.78 Å². The molecule has 0 unspecified atom stereocenters. The lowest BCUT2D eigenvalue weighted by Gasteiger charge is -2.05. The minimum absolute atomic E-state index is 0.182. The molecule has 1 aliphatic rings. The maximum atomic E-state index is 12.1. The van der Waals surface area contributed by atoms with E-state index in [0.717, 1.165) is 28.0 Å². The van der Waals surface area contributed by atoms with Crippen LogP contribution in [0.1, 0.15) is 30.6 Å². The molecule has 8 nitrogen and oxygen atoms in total. The van der Waals surface area contributed by atoms with E-state index in [2.05, 4.69) is 19.8 Å². The van der Waals surface area contributed by atoms with Crippen molar-refractivity contribution in [3.63, 3.8) is 0 Å². The first-order valence-corrected chi connectivity index (χ1v) is 8.31. The summed E-state index contributed by atoms with van der Waals surface area (Å²) in [5.74, 6) is 0.952. The van der Waals surface area contributed by atoms with Crippen LogP contribution in [0.15, 0.2) is 16.3 Å². The molecule has 0 N–H and O–H groups in total. The number of aryl methyl sites for hydroxylation is 1. The largest absolute Gasteiger partial charge is 0.465 e. The van der Waals surface area contributed by atoms with Gasteiger partial charge in [-0.2, -0.15) is 9.06 Å². The zero-order chi connectivity index (χ0) is 16.0. The quantitative estimate of drug-likeness (QED) is 0.697. The van der Waals surface area contributed by atoms with Gasteiger partial charge >= 0.3 is 5.69 Å². The second-order valence-electron chi connectivity index (χ2n) is 4.95. The molecule has 0 radical (unpaired) electrons. The Morgan fingerprint density at radius 2 is 2.36 bits per heavy atom. The number of hydrogen-bond donors (Lipinski definition) is 0. The van der Waals surface area contributed by atoms with Crippen molar-refractivity contribution in [3.8, 4) is 11.0 Å². The molecule has 1 aliphatic carbocycles. The van der Waals surface area contributed by atoms with E-state index in [4.69, 9.17) is 6.11 Å². The lowest BCUT2D eigenvalue weighted by molar-refractivity contribution is 0.303. The average Bonchev–Trinajstić information content (AvgIpc) is 3.03. The molecule has 0 spiro atoms. The van der Waals surface area contributed by atoms with Gasteiger partial charge in [-0.05, 0) is 40.7 Å². The van der Waals surface area contributed by atoms with Gasteiger partial charge in [0, 0.05) is 23.5 Å². The Kier molecular flexibility index (Phi) is 3.00. The van der Waals surface area contributed by atoms with Crippen LogP contribution in [0, 0.1) is 0 Å². The molecule has 1 saturated carbocycles. The van der Waals surface area contributed by atoms with Crippen LogP contribution in [-0.2, 0) is 13.7 Å². The molecule has 0 atom stereocenters. The highest BCUT2D eigenvalue weighted by molar-refractivity contribution is 7.11. The third kappa shape index (κ3) is 2.33. The molecule has 3 heterocycles. The Labute approximate surface area is 134 Å². The molecule has 0 saturated heterocycles. The molecule has 22 heavy (non-hydrogen) atoms. The summed E-state index contributed by atoms with van der Waals surface area (Å²) in [6.45, 7) is 0.244. The summed E-state index contributed by atoms with van der Waals surface area (Å²) in [4.78, 5) is 17.2. The minimum atomic E-state index is -0.346. The SMILES string of the molecule is [3H]c1csc(OCc2c(-n3nnn(C)c3=O)nsc2C2CC2)n1. The second kappa shape index (κ2) is 5.29. The summed E-state index contributed by atoms with van der Waals surface area (Å²) < 4.78 is 19.9. The van der Waals surface area contributed by atoms with E-state index < -0.39 is 0 Å². The van der Waals surface area contributed by atoms with Gasteiger partial charge in [0.15, 0.2) is 5.82 Å². The fourth-order valence-electron chi connectivity index (χ4n) is 2.11. The van der Waals surface area contributed by atoms with E-state index >= 15 is 0 Å². The van der Waals surface area contributed by atoms with Gasteiger partial charge in [-0.3, -0.25) is 0 Å². The maximum Gasteiger partial charge on any atom is 0.369 e. The third-order valence-corrected chi connectivity index (χ3v) is 5.05. The number of tetrazole rings is 1. The fraction of sp³-hybridized carbons (Fsp3) is 0.417. The number of hydrogen-bond acceptors (Lipinski definition) is 8. The van der Waals surface area contributed by atoms with Gasteiger partial charge in [0.2, 0.25) is 0 Å². The predicted octanol–water partition coefficient (Wildman–Crippen LogP) is 1.34. The Morgan fingerprint density at radius 1 is 1.50 bits per heavy atom. The monoisotopic (exact) mass is 338 g/mol. The Hall–Kier alpha value is -2.07. The normalized spacial score (nSPS) is 15.0. The summed E-state index contributed by atoms with van der Waals surface area (Å²) in [5.41, 5.74) is 0.503. The Morgan fingerprint density at radius 3 is 3.00 bits per heavy atom. The molecule has 1 fully saturated rings. The number of thiazole rings is 1. The number of rotatable bonds is 5. The Balaban J connectivity index is 1.69. The van der Waals surface area contributed by atoms with E-state index in [1.807, 2.05) is 0 Å². The van der Waals surface area contributed by atoms with Crippen molar-refractivity contribution in [1.29, 1.82) is 0 Å². The summed E-state index contributed by atoms with van der Waals surface area (Å²) in [6, 6.07) is 0. The first kappa shape index (κ1) is 12.5. The second-order valence-corrected chi connectivity index (χ2v) is 6.58. The number of nitrogens with zero attached hydrogens (tertiary/aromatic N) is 6. The molecule has 3 aromatic rings. The van der Waals surface area contributed by atoms with Crippen molar-refractivity contribution in [2.24, 2.45) is 7.05 Å². The first-order chi connectivity index (χ1) is 11.1. The van der Waals surface area contributed by atoms with E-state index in [-0.39, 0.29) is 18.5 Å². The summed E-state index contributed by atoms with van der Waals surface area (Å²) >= 11 is 2.65. The molecule has 0 aliphatic heterocycles. The minimum Gasteiger partial charge on any atom is -0.465 e. The van der Waals surface area contributed by atoms with Crippen LogP contribution in [0.5, 0.6) is 5.19 Å². The average molecular weight is 338 g/mol. The van der Waals surface area contributed by atoms with Gasteiger partial charge < -0.3 is 4.74 Å². The molecule has 10 heteroatoms. The van der Waals surface area contributed by atoms with Gasteiger partial charge in [-0.1, -0.05) is 11.3 Å². The van der Waals surface area contributed by atoms with E-state index in [9.17, 15) is 4.79 Å². The van der Waals surface area contributed by atoms with Crippen LogP contribution in [0.2, 0.25) is 0 Å². The number of ether oxygens (including phenoxy) is 1. The lowest BCUT2D eigenvalue weighted by Crippen LogP contribution is -2.23.